The van der Waals surface area contributed by atoms with Gasteiger partial charge in [0, 0.05) is 6.92 Å². The molecule has 1 N–H and O–H groups in total. The Morgan fingerprint density at radius 3 is 2.53 bits per heavy atom. The molecule has 4 nitrogen and oxygen atoms in total. The van der Waals surface area contributed by atoms with Gasteiger partial charge in [0.15, 0.2) is 0 Å². The summed E-state index contributed by atoms with van der Waals surface area (Å²) in [7, 11) is 0. The molecule has 0 saturated heterocycles. The van der Waals surface area contributed by atoms with Crippen molar-refractivity contribution >= 4 is 22.6 Å². The molecule has 0 bridgehead atoms. The first-order valence-corrected chi connectivity index (χ1v) is 5.14. The highest BCUT2D eigenvalue weighted by molar-refractivity contribution is 6.06. The molecule has 2 aromatic carbocycles. The number of hydrogen-bond donors (Lipinski definition) is 1. The maximum atomic E-state index is 11.8. The molecular weight excluding hydrogens is 218 g/mol. The van der Waals surface area contributed by atoms with E-state index in [1.54, 1.807) is 12.1 Å². The van der Waals surface area contributed by atoms with Gasteiger partial charge in [0.25, 0.3) is 5.91 Å². The Bertz CT molecular complexity index is 572. The van der Waals surface area contributed by atoms with Crippen LogP contribution in [-0.2, 0) is 9.63 Å². The van der Waals surface area contributed by atoms with Crippen LogP contribution in [0.3, 0.4) is 0 Å². The molecule has 0 aliphatic heterocycles. The summed E-state index contributed by atoms with van der Waals surface area (Å²) in [6, 6.07) is 12.9. The lowest BCUT2D eigenvalue weighted by Gasteiger charge is -2.06. The van der Waals surface area contributed by atoms with Crippen LogP contribution >= 0.6 is 0 Å². The second-order valence-electron chi connectivity index (χ2n) is 3.55. The van der Waals surface area contributed by atoms with Crippen molar-refractivity contribution in [1.29, 1.82) is 0 Å². The standard InChI is InChI=1S/C13H11NO3/c1-9(15)17-14-13(16)12-8-4-6-10-5-2-3-7-11(10)12/h2-8H,1H3,(H,14,16). The monoisotopic (exact) mass is 229 g/mol. The van der Waals surface area contributed by atoms with Gasteiger partial charge < -0.3 is 4.84 Å². The zero-order valence-electron chi connectivity index (χ0n) is 9.27. The highest BCUT2D eigenvalue weighted by Crippen LogP contribution is 2.18. The highest BCUT2D eigenvalue weighted by atomic mass is 16.7. The Balaban J connectivity index is 2.35. The van der Waals surface area contributed by atoms with Gasteiger partial charge in [-0.05, 0) is 16.8 Å². The average Bonchev–Trinajstić information content (AvgIpc) is 2.35. The minimum atomic E-state index is -0.557. The molecule has 0 aliphatic carbocycles. The molecule has 0 saturated carbocycles. The second-order valence-corrected chi connectivity index (χ2v) is 3.55. The zero-order valence-corrected chi connectivity index (χ0v) is 9.27. The van der Waals surface area contributed by atoms with E-state index in [-0.39, 0.29) is 0 Å². The number of carbonyl (C=O) groups is 2. The van der Waals surface area contributed by atoms with Crippen LogP contribution in [0.2, 0.25) is 0 Å². The van der Waals surface area contributed by atoms with Crippen molar-refractivity contribution < 1.29 is 14.4 Å². The van der Waals surface area contributed by atoms with Crippen LogP contribution in [0, 0.1) is 0 Å². The molecule has 2 aromatic rings. The zero-order chi connectivity index (χ0) is 12.3. The summed E-state index contributed by atoms with van der Waals surface area (Å²) in [4.78, 5) is 26.8. The minimum Gasteiger partial charge on any atom is -0.341 e. The summed E-state index contributed by atoms with van der Waals surface area (Å²) in [5, 5.41) is 1.78. The van der Waals surface area contributed by atoms with Crippen LogP contribution in [0.25, 0.3) is 10.8 Å². The van der Waals surface area contributed by atoms with Gasteiger partial charge in [-0.1, -0.05) is 36.4 Å². The van der Waals surface area contributed by atoms with Gasteiger partial charge in [-0.15, -0.1) is 0 Å². The Morgan fingerprint density at radius 2 is 1.76 bits per heavy atom. The van der Waals surface area contributed by atoms with E-state index in [4.69, 9.17) is 0 Å². The molecule has 0 aromatic heterocycles. The van der Waals surface area contributed by atoms with Crippen LogP contribution in [0.1, 0.15) is 17.3 Å². The normalized spacial score (nSPS) is 9.94. The highest BCUT2D eigenvalue weighted by Gasteiger charge is 2.10. The smallest absolute Gasteiger partial charge is 0.329 e. The number of nitrogens with one attached hydrogen (secondary N) is 1. The van der Waals surface area contributed by atoms with Crippen molar-refractivity contribution in [1.82, 2.24) is 5.48 Å². The van der Waals surface area contributed by atoms with E-state index in [0.717, 1.165) is 10.8 Å². The van der Waals surface area contributed by atoms with E-state index >= 15 is 0 Å². The van der Waals surface area contributed by atoms with E-state index in [1.165, 1.54) is 6.92 Å². The number of benzene rings is 2. The molecule has 0 atom stereocenters. The second kappa shape index (κ2) is 4.65. The van der Waals surface area contributed by atoms with Gasteiger partial charge in [0.2, 0.25) is 0 Å². The summed E-state index contributed by atoms with van der Waals surface area (Å²) in [6.07, 6.45) is 0. The fourth-order valence-corrected chi connectivity index (χ4v) is 1.60. The first-order valence-electron chi connectivity index (χ1n) is 5.14. The van der Waals surface area contributed by atoms with Gasteiger partial charge in [0.1, 0.15) is 0 Å². The number of hydroxylamine groups is 1. The maximum Gasteiger partial charge on any atom is 0.329 e. The van der Waals surface area contributed by atoms with E-state index in [1.807, 2.05) is 30.3 Å². The fraction of sp³-hybridized carbons (Fsp3) is 0.0769. The molecule has 0 unspecified atom stereocenters. The first-order chi connectivity index (χ1) is 8.18. The van der Waals surface area contributed by atoms with Gasteiger partial charge >= 0.3 is 5.97 Å². The molecule has 2 rings (SSSR count). The van der Waals surface area contributed by atoms with Gasteiger partial charge in [-0.25, -0.2) is 0 Å². The number of amides is 1. The molecular formula is C13H11NO3. The third kappa shape index (κ3) is 2.42. The molecule has 0 fully saturated rings. The maximum absolute atomic E-state index is 11.8. The van der Waals surface area contributed by atoms with Crippen molar-refractivity contribution in [2.75, 3.05) is 0 Å². The lowest BCUT2D eigenvalue weighted by Crippen LogP contribution is -2.25. The van der Waals surface area contributed by atoms with Crippen LogP contribution < -0.4 is 5.48 Å². The van der Waals surface area contributed by atoms with E-state index < -0.39 is 11.9 Å². The predicted octanol–water partition coefficient (Wildman–Crippen LogP) is 2.05. The topological polar surface area (TPSA) is 55.4 Å². The molecule has 0 aliphatic rings. The summed E-state index contributed by atoms with van der Waals surface area (Å²) in [5.41, 5.74) is 2.58. The molecule has 0 radical (unpaired) electrons. The minimum absolute atomic E-state index is 0.433. The van der Waals surface area contributed by atoms with Crippen molar-refractivity contribution in [3.8, 4) is 0 Å². The number of rotatable bonds is 1. The van der Waals surface area contributed by atoms with Crippen LogP contribution in [0.15, 0.2) is 42.5 Å². The largest absolute Gasteiger partial charge is 0.341 e. The Kier molecular flexibility index (Phi) is 3.05. The summed E-state index contributed by atoms with van der Waals surface area (Å²) in [5.74, 6) is -0.990. The van der Waals surface area contributed by atoms with Gasteiger partial charge in [0.05, 0.1) is 5.56 Å². The van der Waals surface area contributed by atoms with Gasteiger partial charge in [-0.2, -0.15) is 5.48 Å². The third-order valence-electron chi connectivity index (χ3n) is 2.32. The van der Waals surface area contributed by atoms with E-state index in [9.17, 15) is 9.59 Å². The number of hydrogen-bond acceptors (Lipinski definition) is 3. The number of carbonyl (C=O) groups excluding carboxylic acids is 2. The third-order valence-corrected chi connectivity index (χ3v) is 2.32. The summed E-state index contributed by atoms with van der Waals surface area (Å²) < 4.78 is 0. The Labute approximate surface area is 98.1 Å². The molecule has 0 spiro atoms. The van der Waals surface area contributed by atoms with Crippen molar-refractivity contribution in [3.05, 3.63) is 48.0 Å². The van der Waals surface area contributed by atoms with Crippen molar-refractivity contribution in [3.63, 3.8) is 0 Å². The molecule has 1 amide bonds. The van der Waals surface area contributed by atoms with E-state index in [2.05, 4.69) is 10.3 Å². The number of fused-ring (bicyclic) bond motifs is 1. The Morgan fingerprint density at radius 1 is 1.06 bits per heavy atom. The van der Waals surface area contributed by atoms with Crippen molar-refractivity contribution in [2.24, 2.45) is 0 Å². The molecule has 86 valence electrons. The van der Waals surface area contributed by atoms with Crippen LogP contribution in [-0.4, -0.2) is 11.9 Å². The van der Waals surface area contributed by atoms with Crippen LogP contribution in [0.4, 0.5) is 0 Å². The van der Waals surface area contributed by atoms with Gasteiger partial charge in [-0.3, -0.25) is 9.59 Å². The lowest BCUT2D eigenvalue weighted by molar-refractivity contribution is -0.146. The Hall–Kier alpha value is -2.36. The molecule has 17 heavy (non-hydrogen) atoms. The van der Waals surface area contributed by atoms with E-state index in [0.29, 0.717) is 5.56 Å². The summed E-state index contributed by atoms with van der Waals surface area (Å²) >= 11 is 0. The van der Waals surface area contributed by atoms with Crippen molar-refractivity contribution in [2.45, 2.75) is 6.92 Å². The first kappa shape index (κ1) is 11.1. The molecule has 0 heterocycles. The van der Waals surface area contributed by atoms with Crippen LogP contribution in [0.5, 0.6) is 0 Å². The average molecular weight is 229 g/mol. The SMILES string of the molecule is CC(=O)ONC(=O)c1cccc2ccccc12. The molecule has 4 heteroatoms. The quantitative estimate of drug-likeness (QED) is 0.761. The summed E-state index contributed by atoms with van der Waals surface area (Å²) in [6.45, 7) is 1.23. The fourth-order valence-electron chi connectivity index (χ4n) is 1.60. The predicted molar refractivity (Wildman–Crippen MR) is 63.2 cm³/mol. The lowest BCUT2D eigenvalue weighted by atomic mass is 10.0.